The van der Waals surface area contributed by atoms with E-state index in [0.29, 0.717) is 13.2 Å². The van der Waals surface area contributed by atoms with Crippen LogP contribution in [0.25, 0.3) is 22.6 Å². The second kappa shape index (κ2) is 11.5. The first-order valence-electron chi connectivity index (χ1n) is 13.2. The average Bonchev–Trinajstić information content (AvgIpc) is 3.71. The number of pyridine rings is 1. The van der Waals surface area contributed by atoms with Gasteiger partial charge in [-0.2, -0.15) is 11.8 Å². The number of aliphatic imine (C=N–C) groups is 1. The zero-order valence-electron chi connectivity index (χ0n) is 21.9. The lowest BCUT2D eigenvalue weighted by Crippen LogP contribution is -2.36. The Morgan fingerprint density at radius 2 is 2.10 bits per heavy atom. The highest BCUT2D eigenvalue weighted by Gasteiger charge is 2.37. The lowest BCUT2D eigenvalue weighted by Gasteiger charge is -2.26. The van der Waals surface area contributed by atoms with Crippen molar-refractivity contribution in [1.82, 2.24) is 24.3 Å². The quantitative estimate of drug-likeness (QED) is 0.291. The Balaban J connectivity index is 1.08. The van der Waals surface area contributed by atoms with Gasteiger partial charge in [-0.3, -0.25) is 14.3 Å². The van der Waals surface area contributed by atoms with Crippen molar-refractivity contribution in [2.24, 2.45) is 10.7 Å². The maximum Gasteiger partial charge on any atom is 0.140 e. The molecular weight excluding hydrogens is 508 g/mol. The van der Waals surface area contributed by atoms with Crippen molar-refractivity contribution in [3.8, 4) is 17.1 Å². The van der Waals surface area contributed by atoms with Gasteiger partial charge in [-0.05, 0) is 23.6 Å². The van der Waals surface area contributed by atoms with Gasteiger partial charge >= 0.3 is 0 Å². The Morgan fingerprint density at radius 3 is 2.87 bits per heavy atom. The summed E-state index contributed by atoms with van der Waals surface area (Å²) in [6.45, 7) is 3.50. The van der Waals surface area contributed by atoms with Crippen LogP contribution in [0, 0.1) is 0 Å². The number of nitrogens with one attached hydrogen (secondary N) is 1. The number of ether oxygens (including phenoxy) is 1. The average molecular weight is 541 g/mol. The number of benzene rings is 1. The van der Waals surface area contributed by atoms with E-state index in [9.17, 15) is 0 Å². The van der Waals surface area contributed by atoms with Crippen molar-refractivity contribution in [3.63, 3.8) is 0 Å². The van der Waals surface area contributed by atoms with Gasteiger partial charge in [0.2, 0.25) is 0 Å². The molecule has 2 bridgehead atoms. The molecule has 1 aromatic carbocycles. The van der Waals surface area contributed by atoms with Gasteiger partial charge in [-0.1, -0.05) is 24.3 Å². The summed E-state index contributed by atoms with van der Waals surface area (Å²) in [4.78, 5) is 20.1. The SMILES string of the molecule is CN=CC(=CN)c1ccc(CNc2cc(-c3cnc4cc(OCCN5CC6CC5CS6)ccn34)ncn2)cc1. The predicted octanol–water partition coefficient (Wildman–Crippen LogP) is 3.97. The van der Waals surface area contributed by atoms with Crippen LogP contribution in [-0.4, -0.2) is 74.3 Å². The van der Waals surface area contributed by atoms with Gasteiger partial charge in [0.15, 0.2) is 0 Å². The Morgan fingerprint density at radius 1 is 1.21 bits per heavy atom. The number of likely N-dealkylation sites (tertiary alicyclic amines) is 1. The first-order valence-corrected chi connectivity index (χ1v) is 14.2. The third kappa shape index (κ3) is 5.62. The van der Waals surface area contributed by atoms with E-state index in [1.54, 1.807) is 25.8 Å². The van der Waals surface area contributed by atoms with Crippen molar-refractivity contribution < 1.29 is 4.74 Å². The van der Waals surface area contributed by atoms with E-state index < -0.39 is 0 Å². The topological polar surface area (TPSA) is 106 Å². The molecule has 2 unspecified atom stereocenters. The Labute approximate surface area is 232 Å². The van der Waals surface area contributed by atoms with Crippen LogP contribution in [0.5, 0.6) is 5.75 Å². The van der Waals surface area contributed by atoms with Gasteiger partial charge in [0.05, 0.1) is 17.6 Å². The molecule has 3 N–H and O–H groups in total. The van der Waals surface area contributed by atoms with Crippen LogP contribution in [0.3, 0.4) is 0 Å². The van der Waals surface area contributed by atoms with Crippen molar-refractivity contribution in [2.45, 2.75) is 24.3 Å². The molecule has 2 aliphatic heterocycles. The zero-order chi connectivity index (χ0) is 26.6. The highest BCUT2D eigenvalue weighted by molar-refractivity contribution is 8.00. The second-order valence-electron chi connectivity index (χ2n) is 9.77. The minimum atomic E-state index is 0.631. The summed E-state index contributed by atoms with van der Waals surface area (Å²) in [6.07, 6.45) is 10.1. The molecule has 2 saturated heterocycles. The Hall–Kier alpha value is -3.89. The van der Waals surface area contributed by atoms with Crippen LogP contribution in [0.4, 0.5) is 5.82 Å². The number of thioether (sulfide) groups is 1. The number of fused-ring (bicyclic) bond motifs is 3. The van der Waals surface area contributed by atoms with E-state index in [1.165, 1.54) is 18.7 Å². The summed E-state index contributed by atoms with van der Waals surface area (Å²) in [7, 11) is 1.73. The summed E-state index contributed by atoms with van der Waals surface area (Å²) >= 11 is 2.12. The van der Waals surface area contributed by atoms with Gasteiger partial charge in [0.1, 0.15) is 30.1 Å². The molecule has 9 nitrogen and oxygen atoms in total. The number of anilines is 1. The monoisotopic (exact) mass is 540 g/mol. The van der Waals surface area contributed by atoms with Crippen molar-refractivity contribution >= 4 is 35.0 Å². The van der Waals surface area contributed by atoms with E-state index in [0.717, 1.165) is 63.1 Å². The van der Waals surface area contributed by atoms with Gasteiger partial charge in [0.25, 0.3) is 0 Å². The van der Waals surface area contributed by atoms with Crippen LogP contribution >= 0.6 is 11.8 Å². The maximum atomic E-state index is 6.08. The first-order chi connectivity index (χ1) is 19.2. The molecule has 5 heterocycles. The lowest BCUT2D eigenvalue weighted by molar-refractivity contribution is 0.205. The normalized spacial score (nSPS) is 19.4. The molecule has 4 aromatic rings. The second-order valence-corrected chi connectivity index (χ2v) is 11.1. The van der Waals surface area contributed by atoms with Crippen LogP contribution in [0.1, 0.15) is 17.5 Å². The molecule has 0 amide bonds. The molecule has 2 aliphatic rings. The van der Waals surface area contributed by atoms with E-state index in [4.69, 9.17) is 10.5 Å². The van der Waals surface area contributed by atoms with Crippen LogP contribution in [-0.2, 0) is 6.54 Å². The van der Waals surface area contributed by atoms with Gasteiger partial charge in [-0.15, -0.1) is 0 Å². The zero-order valence-corrected chi connectivity index (χ0v) is 22.7. The molecule has 0 aliphatic carbocycles. The molecule has 10 heteroatoms. The highest BCUT2D eigenvalue weighted by Crippen LogP contribution is 2.37. The summed E-state index contributed by atoms with van der Waals surface area (Å²) in [5.41, 5.74) is 11.3. The van der Waals surface area contributed by atoms with Crippen molar-refractivity contribution in [1.29, 1.82) is 0 Å². The third-order valence-corrected chi connectivity index (χ3v) is 8.67. The van der Waals surface area contributed by atoms with E-state index in [1.807, 2.05) is 47.1 Å². The fraction of sp³-hybridized carbons (Fsp3) is 0.310. The minimum absolute atomic E-state index is 0.631. The van der Waals surface area contributed by atoms with Crippen LogP contribution < -0.4 is 15.8 Å². The number of nitrogens with zero attached hydrogens (tertiary/aromatic N) is 6. The van der Waals surface area contributed by atoms with E-state index in [-0.39, 0.29) is 0 Å². The van der Waals surface area contributed by atoms with E-state index >= 15 is 0 Å². The smallest absolute Gasteiger partial charge is 0.140 e. The summed E-state index contributed by atoms with van der Waals surface area (Å²) in [5.74, 6) is 2.85. The lowest BCUT2D eigenvalue weighted by atomic mass is 10.1. The number of nitrogens with two attached hydrogens (primary N) is 1. The maximum absolute atomic E-state index is 6.08. The summed E-state index contributed by atoms with van der Waals surface area (Å²) in [5, 5.41) is 4.22. The van der Waals surface area contributed by atoms with E-state index in [2.05, 4.69) is 54.1 Å². The molecule has 2 atom stereocenters. The summed E-state index contributed by atoms with van der Waals surface area (Å²) < 4.78 is 8.10. The molecule has 0 spiro atoms. The highest BCUT2D eigenvalue weighted by atomic mass is 32.2. The molecule has 0 saturated carbocycles. The first kappa shape index (κ1) is 25.4. The summed E-state index contributed by atoms with van der Waals surface area (Å²) in [6, 6.07) is 14.9. The minimum Gasteiger partial charge on any atom is -0.492 e. The Bertz CT molecular complexity index is 1500. The van der Waals surface area contributed by atoms with Crippen LogP contribution in [0.2, 0.25) is 0 Å². The molecule has 0 radical (unpaired) electrons. The predicted molar refractivity (Wildman–Crippen MR) is 158 cm³/mol. The standard InChI is InChI=1S/C29H32N8OS/c1-31-15-22(13-30)21-4-2-20(3-5-21)14-32-28-12-26(34-19-35-28)27-16-33-29-11-24(6-7-37(27)29)38-9-8-36-17-25-10-23(36)18-39-25/h2-7,11-13,15-16,19,23,25H,8-10,14,17-18,30H2,1H3,(H,32,34,35). The number of imidazole rings is 1. The number of hydrogen-bond donors (Lipinski definition) is 2. The fourth-order valence-electron chi connectivity index (χ4n) is 5.23. The molecular formula is C29H32N8OS. The van der Waals surface area contributed by atoms with Gasteiger partial charge < -0.3 is 15.8 Å². The molecule has 3 aromatic heterocycles. The van der Waals surface area contributed by atoms with Crippen LogP contribution in [0.15, 0.2) is 72.4 Å². The number of rotatable bonds is 10. The Kier molecular flexibility index (Phi) is 7.46. The third-order valence-electron chi connectivity index (χ3n) is 7.28. The molecule has 39 heavy (non-hydrogen) atoms. The number of hydrogen-bond acceptors (Lipinski definition) is 9. The molecule has 200 valence electrons. The number of allylic oxidation sites excluding steroid dienone is 1. The van der Waals surface area contributed by atoms with Gasteiger partial charge in [0, 0.05) is 80.0 Å². The largest absolute Gasteiger partial charge is 0.492 e. The van der Waals surface area contributed by atoms with Gasteiger partial charge in [-0.25, -0.2) is 15.0 Å². The number of aromatic nitrogens is 4. The molecule has 6 rings (SSSR count). The van der Waals surface area contributed by atoms with Crippen molar-refractivity contribution in [3.05, 3.63) is 78.5 Å². The van der Waals surface area contributed by atoms with Crippen molar-refractivity contribution in [2.75, 3.05) is 37.8 Å². The molecule has 2 fully saturated rings. The fourth-order valence-corrected chi connectivity index (χ4v) is 6.73.